The Morgan fingerprint density at radius 2 is 2.00 bits per heavy atom. The van der Waals surface area contributed by atoms with Crippen LogP contribution in [-0.4, -0.2) is 36.1 Å². The van der Waals surface area contributed by atoms with Crippen LogP contribution in [0.25, 0.3) is 0 Å². The summed E-state index contributed by atoms with van der Waals surface area (Å²) < 4.78 is 0. The van der Waals surface area contributed by atoms with Crippen molar-refractivity contribution in [2.45, 2.75) is 52.9 Å². The molecule has 0 aromatic carbocycles. The van der Waals surface area contributed by atoms with E-state index in [9.17, 15) is 0 Å². The molecule has 0 unspecified atom stereocenters. The lowest BCUT2D eigenvalue weighted by Crippen LogP contribution is -2.37. The number of rotatable bonds is 6. The fourth-order valence-electron chi connectivity index (χ4n) is 2.93. The van der Waals surface area contributed by atoms with E-state index in [1.165, 1.54) is 12.8 Å². The lowest BCUT2D eigenvalue weighted by molar-refractivity contribution is 0.372. The van der Waals surface area contributed by atoms with Crippen molar-refractivity contribution in [3.05, 3.63) is 17.5 Å². The molecular formula is C17H30N4. The molecule has 1 saturated heterocycles. The van der Waals surface area contributed by atoms with Crippen LogP contribution in [0.3, 0.4) is 0 Å². The van der Waals surface area contributed by atoms with Crippen molar-refractivity contribution >= 4 is 5.95 Å². The predicted molar refractivity (Wildman–Crippen MR) is 89.0 cm³/mol. The van der Waals surface area contributed by atoms with Gasteiger partial charge < -0.3 is 10.2 Å². The Bertz CT molecular complexity index is 438. The van der Waals surface area contributed by atoms with Gasteiger partial charge in [-0.2, -0.15) is 0 Å². The Balaban J connectivity index is 2.16. The molecule has 118 valence electrons. The molecule has 1 N–H and O–H groups in total. The first-order chi connectivity index (χ1) is 10.1. The lowest BCUT2D eigenvalue weighted by atomic mass is 9.97. The zero-order valence-electron chi connectivity index (χ0n) is 14.0. The highest BCUT2D eigenvalue weighted by molar-refractivity contribution is 5.33. The van der Waals surface area contributed by atoms with E-state index in [2.05, 4.69) is 44.0 Å². The zero-order valence-corrected chi connectivity index (χ0v) is 14.0. The second kappa shape index (κ2) is 7.74. The van der Waals surface area contributed by atoms with Gasteiger partial charge in [0.05, 0.1) is 0 Å². The quantitative estimate of drug-likeness (QED) is 0.874. The Morgan fingerprint density at radius 3 is 2.62 bits per heavy atom. The van der Waals surface area contributed by atoms with Gasteiger partial charge in [-0.1, -0.05) is 20.8 Å². The normalized spacial score (nSPS) is 16.4. The molecule has 0 bridgehead atoms. The van der Waals surface area contributed by atoms with Crippen LogP contribution in [0.5, 0.6) is 0 Å². The third kappa shape index (κ3) is 4.67. The van der Waals surface area contributed by atoms with Crippen LogP contribution in [0.1, 0.15) is 57.3 Å². The van der Waals surface area contributed by atoms with Crippen LogP contribution in [0, 0.1) is 12.8 Å². The summed E-state index contributed by atoms with van der Waals surface area (Å²) in [6.07, 6.45) is 3.67. The molecule has 0 spiro atoms. The Kier molecular flexibility index (Phi) is 5.97. The monoisotopic (exact) mass is 290 g/mol. The Morgan fingerprint density at radius 1 is 1.29 bits per heavy atom. The molecule has 1 aromatic rings. The van der Waals surface area contributed by atoms with Gasteiger partial charge in [0, 0.05) is 24.5 Å². The van der Waals surface area contributed by atoms with Crippen molar-refractivity contribution in [2.24, 2.45) is 5.92 Å². The van der Waals surface area contributed by atoms with E-state index in [1.54, 1.807) is 0 Å². The van der Waals surface area contributed by atoms with Crippen molar-refractivity contribution in [1.29, 1.82) is 0 Å². The van der Waals surface area contributed by atoms with Crippen LogP contribution >= 0.6 is 0 Å². The molecule has 4 heteroatoms. The summed E-state index contributed by atoms with van der Waals surface area (Å²) in [5.41, 5.74) is 2.24. The van der Waals surface area contributed by atoms with Gasteiger partial charge in [0.1, 0.15) is 0 Å². The van der Waals surface area contributed by atoms with Gasteiger partial charge >= 0.3 is 0 Å². The van der Waals surface area contributed by atoms with E-state index < -0.39 is 0 Å². The highest BCUT2D eigenvalue weighted by atomic mass is 15.3. The number of anilines is 1. The van der Waals surface area contributed by atoms with E-state index in [1.807, 2.05) is 0 Å². The number of piperidine rings is 1. The second-order valence-electron chi connectivity index (χ2n) is 6.53. The first-order valence-electron chi connectivity index (χ1n) is 8.41. The average Bonchev–Trinajstić information content (AvgIpc) is 2.47. The molecular weight excluding hydrogens is 260 g/mol. The first-order valence-corrected chi connectivity index (χ1v) is 8.41. The topological polar surface area (TPSA) is 41.0 Å². The highest BCUT2D eigenvalue weighted by Gasteiger charge is 2.19. The van der Waals surface area contributed by atoms with Gasteiger partial charge in [-0.15, -0.1) is 0 Å². The minimum atomic E-state index is 0.452. The molecule has 0 radical (unpaired) electrons. The maximum atomic E-state index is 4.82. The molecule has 1 fully saturated rings. The van der Waals surface area contributed by atoms with E-state index in [0.717, 1.165) is 55.9 Å². The van der Waals surface area contributed by atoms with Crippen molar-refractivity contribution < 1.29 is 0 Å². The standard InChI is InChI=1S/C17H30N4/c1-5-10-21(12-15-6-8-18-9-7-15)17-19-14(4)11-16(20-17)13(2)3/h11,13,15,18H,5-10,12H2,1-4H3. The van der Waals surface area contributed by atoms with Crippen molar-refractivity contribution in [2.75, 3.05) is 31.1 Å². The van der Waals surface area contributed by atoms with Gasteiger partial charge in [-0.05, 0) is 57.2 Å². The van der Waals surface area contributed by atoms with E-state index in [0.29, 0.717) is 5.92 Å². The molecule has 2 heterocycles. The summed E-state index contributed by atoms with van der Waals surface area (Å²) in [5.74, 6) is 2.15. The summed E-state index contributed by atoms with van der Waals surface area (Å²) >= 11 is 0. The number of nitrogens with zero attached hydrogens (tertiary/aromatic N) is 3. The molecule has 0 atom stereocenters. The number of hydrogen-bond acceptors (Lipinski definition) is 4. The van der Waals surface area contributed by atoms with Crippen molar-refractivity contribution in [1.82, 2.24) is 15.3 Å². The largest absolute Gasteiger partial charge is 0.341 e. The maximum absolute atomic E-state index is 4.82. The highest BCUT2D eigenvalue weighted by Crippen LogP contribution is 2.20. The molecule has 2 rings (SSSR count). The summed E-state index contributed by atoms with van der Waals surface area (Å²) in [5, 5.41) is 3.44. The fourth-order valence-corrected chi connectivity index (χ4v) is 2.93. The Labute approximate surface area is 129 Å². The molecule has 0 amide bonds. The molecule has 1 aromatic heterocycles. The summed E-state index contributed by atoms with van der Waals surface area (Å²) in [6.45, 7) is 13.1. The van der Waals surface area contributed by atoms with Gasteiger partial charge in [0.2, 0.25) is 5.95 Å². The number of aryl methyl sites for hydroxylation is 1. The summed E-state index contributed by atoms with van der Waals surface area (Å²) in [7, 11) is 0. The van der Waals surface area contributed by atoms with Gasteiger partial charge in [0.25, 0.3) is 0 Å². The second-order valence-corrected chi connectivity index (χ2v) is 6.53. The van der Waals surface area contributed by atoms with Gasteiger partial charge in [-0.25, -0.2) is 9.97 Å². The van der Waals surface area contributed by atoms with E-state index in [4.69, 9.17) is 9.97 Å². The number of hydrogen-bond donors (Lipinski definition) is 1. The molecule has 21 heavy (non-hydrogen) atoms. The third-order valence-electron chi connectivity index (χ3n) is 4.17. The minimum Gasteiger partial charge on any atom is -0.341 e. The van der Waals surface area contributed by atoms with Crippen LogP contribution in [0.15, 0.2) is 6.07 Å². The van der Waals surface area contributed by atoms with Crippen LogP contribution < -0.4 is 10.2 Å². The average molecular weight is 290 g/mol. The van der Waals surface area contributed by atoms with E-state index in [-0.39, 0.29) is 0 Å². The number of aromatic nitrogens is 2. The molecule has 0 aliphatic carbocycles. The lowest BCUT2D eigenvalue weighted by Gasteiger charge is -2.30. The van der Waals surface area contributed by atoms with Gasteiger partial charge in [0.15, 0.2) is 0 Å². The number of nitrogens with one attached hydrogen (secondary N) is 1. The maximum Gasteiger partial charge on any atom is 0.225 e. The molecule has 0 saturated carbocycles. The summed E-state index contributed by atoms with van der Waals surface area (Å²) in [6, 6.07) is 2.11. The smallest absolute Gasteiger partial charge is 0.225 e. The van der Waals surface area contributed by atoms with Crippen LogP contribution in [-0.2, 0) is 0 Å². The third-order valence-corrected chi connectivity index (χ3v) is 4.17. The zero-order chi connectivity index (χ0) is 15.2. The predicted octanol–water partition coefficient (Wildman–Crippen LogP) is 3.12. The molecule has 1 aliphatic rings. The SMILES string of the molecule is CCCN(CC1CCNCC1)c1nc(C)cc(C(C)C)n1. The first kappa shape index (κ1) is 16.2. The molecule has 1 aliphatic heterocycles. The summed E-state index contributed by atoms with van der Waals surface area (Å²) in [4.78, 5) is 11.9. The van der Waals surface area contributed by atoms with Gasteiger partial charge in [-0.3, -0.25) is 0 Å². The van der Waals surface area contributed by atoms with Crippen LogP contribution in [0.4, 0.5) is 5.95 Å². The van der Waals surface area contributed by atoms with Crippen molar-refractivity contribution in [3.8, 4) is 0 Å². The minimum absolute atomic E-state index is 0.452. The fraction of sp³-hybridized carbons (Fsp3) is 0.765. The van der Waals surface area contributed by atoms with Crippen molar-refractivity contribution in [3.63, 3.8) is 0 Å². The molecule has 4 nitrogen and oxygen atoms in total. The Hall–Kier alpha value is -1.16. The van der Waals surface area contributed by atoms with E-state index >= 15 is 0 Å². The van der Waals surface area contributed by atoms with Crippen LogP contribution in [0.2, 0.25) is 0 Å².